The third-order valence-electron chi connectivity index (χ3n) is 4.33. The summed E-state index contributed by atoms with van der Waals surface area (Å²) in [6.07, 6.45) is 2.32. The predicted molar refractivity (Wildman–Crippen MR) is 108 cm³/mol. The van der Waals surface area contributed by atoms with Crippen molar-refractivity contribution in [3.63, 3.8) is 0 Å². The van der Waals surface area contributed by atoms with E-state index in [9.17, 15) is 19.2 Å². The minimum Gasteiger partial charge on any atom is -0.347 e. The first kappa shape index (κ1) is 21.8. The number of Topliss-reactive ketones (excluding diaryl/α,β-unsaturated/α-hetero) is 1. The molecule has 0 spiro atoms. The summed E-state index contributed by atoms with van der Waals surface area (Å²) < 4.78 is 2.26. The van der Waals surface area contributed by atoms with Crippen molar-refractivity contribution in [2.45, 2.75) is 43.4 Å². The van der Waals surface area contributed by atoms with Gasteiger partial charge in [0.15, 0.2) is 11.4 Å². The van der Waals surface area contributed by atoms with E-state index in [1.54, 1.807) is 14.1 Å². The van der Waals surface area contributed by atoms with Gasteiger partial charge in [-0.1, -0.05) is 25.1 Å². The SMILES string of the molecule is CCCCc1nc(SC(C(C)=O)C(=O)N(C)C)c2c(=O)n(C)c(=O)n(C)c2n1. The van der Waals surface area contributed by atoms with Gasteiger partial charge in [0, 0.05) is 34.6 Å². The zero-order valence-corrected chi connectivity index (χ0v) is 17.8. The number of thioether (sulfide) groups is 1. The molecule has 2 heterocycles. The van der Waals surface area contributed by atoms with Gasteiger partial charge in [0.2, 0.25) is 5.91 Å². The Morgan fingerprint density at radius 1 is 1.14 bits per heavy atom. The maximum Gasteiger partial charge on any atom is 0.332 e. The number of hydrogen-bond acceptors (Lipinski definition) is 7. The Balaban J connectivity index is 2.78. The maximum absolute atomic E-state index is 12.8. The van der Waals surface area contributed by atoms with Gasteiger partial charge in [-0.05, 0) is 13.3 Å². The van der Waals surface area contributed by atoms with Gasteiger partial charge in [-0.25, -0.2) is 14.8 Å². The molecule has 1 amide bonds. The third-order valence-corrected chi connectivity index (χ3v) is 5.62. The van der Waals surface area contributed by atoms with Gasteiger partial charge >= 0.3 is 5.69 Å². The lowest BCUT2D eigenvalue weighted by molar-refractivity contribution is -0.132. The monoisotopic (exact) mass is 407 g/mol. The highest BCUT2D eigenvalue weighted by atomic mass is 32.2. The van der Waals surface area contributed by atoms with E-state index in [4.69, 9.17) is 0 Å². The van der Waals surface area contributed by atoms with Gasteiger partial charge in [-0.2, -0.15) is 0 Å². The van der Waals surface area contributed by atoms with Gasteiger partial charge in [0.1, 0.15) is 21.5 Å². The van der Waals surface area contributed by atoms with Crippen molar-refractivity contribution in [3.8, 4) is 0 Å². The number of aromatic nitrogens is 4. The molecule has 0 aliphatic carbocycles. The van der Waals surface area contributed by atoms with Crippen molar-refractivity contribution < 1.29 is 9.59 Å². The van der Waals surface area contributed by atoms with Crippen LogP contribution in [0.2, 0.25) is 0 Å². The second-order valence-electron chi connectivity index (χ2n) is 6.79. The fourth-order valence-electron chi connectivity index (χ4n) is 2.66. The summed E-state index contributed by atoms with van der Waals surface area (Å²) in [6.45, 7) is 3.36. The van der Waals surface area contributed by atoms with Gasteiger partial charge in [-0.15, -0.1) is 0 Å². The molecule has 2 rings (SSSR count). The number of carbonyl (C=O) groups excluding carboxylic acids is 2. The third kappa shape index (κ3) is 4.16. The predicted octanol–water partition coefficient (Wildman–Crippen LogP) is 0.508. The van der Waals surface area contributed by atoms with Crippen molar-refractivity contribution >= 4 is 34.5 Å². The highest BCUT2D eigenvalue weighted by molar-refractivity contribution is 8.01. The first-order chi connectivity index (χ1) is 13.1. The summed E-state index contributed by atoms with van der Waals surface area (Å²) in [5, 5.41) is -0.663. The summed E-state index contributed by atoms with van der Waals surface area (Å²) >= 11 is 0.927. The van der Waals surface area contributed by atoms with Crippen LogP contribution in [0.3, 0.4) is 0 Å². The molecule has 0 aliphatic heterocycles. The fourth-order valence-corrected chi connectivity index (χ4v) is 3.81. The molecule has 2 aromatic rings. The lowest BCUT2D eigenvalue weighted by Gasteiger charge is -2.18. The second-order valence-corrected chi connectivity index (χ2v) is 7.89. The Kier molecular flexibility index (Phi) is 6.76. The topological polar surface area (TPSA) is 107 Å². The lowest BCUT2D eigenvalue weighted by atomic mass is 10.2. The molecule has 28 heavy (non-hydrogen) atoms. The molecule has 0 bridgehead atoms. The molecule has 152 valence electrons. The number of carbonyl (C=O) groups is 2. The molecular weight excluding hydrogens is 382 g/mol. The number of amides is 1. The molecule has 2 aromatic heterocycles. The van der Waals surface area contributed by atoms with E-state index in [1.165, 1.54) is 30.5 Å². The quantitative estimate of drug-likeness (QED) is 0.374. The Hall–Kier alpha value is -2.49. The van der Waals surface area contributed by atoms with Crippen LogP contribution >= 0.6 is 11.8 Å². The van der Waals surface area contributed by atoms with Crippen molar-refractivity contribution in [2.24, 2.45) is 14.1 Å². The maximum atomic E-state index is 12.8. The van der Waals surface area contributed by atoms with Crippen molar-refractivity contribution in [2.75, 3.05) is 14.1 Å². The van der Waals surface area contributed by atoms with Crippen LogP contribution in [-0.4, -0.2) is 55.0 Å². The smallest absolute Gasteiger partial charge is 0.332 e. The molecule has 9 nitrogen and oxygen atoms in total. The minimum absolute atomic E-state index is 0.132. The summed E-state index contributed by atoms with van der Waals surface area (Å²) in [6, 6.07) is 0. The van der Waals surface area contributed by atoms with Crippen LogP contribution in [0, 0.1) is 0 Å². The average Bonchev–Trinajstić information content (AvgIpc) is 2.65. The summed E-state index contributed by atoms with van der Waals surface area (Å²) in [4.78, 5) is 59.9. The fraction of sp³-hybridized carbons (Fsp3) is 0.556. The van der Waals surface area contributed by atoms with E-state index in [-0.39, 0.29) is 27.7 Å². The molecular formula is C18H25N5O4S. The standard InChI is InChI=1S/C18H25N5O4S/c1-7-8-9-11-19-14-12(16(25)23(6)18(27)22(14)5)15(20-11)28-13(10(2)24)17(26)21(3)4/h13H,7-9H2,1-6H3. The number of ketones is 1. The Labute approximate surface area is 166 Å². The first-order valence-electron chi connectivity index (χ1n) is 8.95. The Morgan fingerprint density at radius 2 is 1.79 bits per heavy atom. The van der Waals surface area contributed by atoms with Crippen LogP contribution in [0.5, 0.6) is 0 Å². The molecule has 0 aromatic carbocycles. The highest BCUT2D eigenvalue weighted by Gasteiger charge is 2.29. The van der Waals surface area contributed by atoms with Crippen LogP contribution < -0.4 is 11.2 Å². The molecule has 0 aliphatic rings. The van der Waals surface area contributed by atoms with Crippen molar-refractivity contribution in [3.05, 3.63) is 26.7 Å². The van der Waals surface area contributed by atoms with E-state index in [0.29, 0.717) is 12.2 Å². The lowest BCUT2D eigenvalue weighted by Crippen LogP contribution is -2.38. The molecule has 0 saturated heterocycles. The number of hydrogen-bond donors (Lipinski definition) is 0. The molecule has 0 N–H and O–H groups in total. The summed E-state index contributed by atoms with van der Waals surface area (Å²) in [7, 11) is 6.03. The van der Waals surface area contributed by atoms with E-state index in [0.717, 1.165) is 29.2 Å². The van der Waals surface area contributed by atoms with Crippen molar-refractivity contribution in [1.29, 1.82) is 0 Å². The van der Waals surface area contributed by atoms with Gasteiger partial charge in [0.05, 0.1) is 0 Å². The second kappa shape index (κ2) is 8.68. The highest BCUT2D eigenvalue weighted by Crippen LogP contribution is 2.28. The normalized spacial score (nSPS) is 12.2. The van der Waals surface area contributed by atoms with Gasteiger partial charge in [0.25, 0.3) is 5.56 Å². The number of fused-ring (bicyclic) bond motifs is 1. The molecule has 0 fully saturated rings. The van der Waals surface area contributed by atoms with Crippen LogP contribution in [0.15, 0.2) is 14.6 Å². The summed E-state index contributed by atoms with van der Waals surface area (Å²) in [5.74, 6) is -0.257. The van der Waals surface area contributed by atoms with Gasteiger partial charge < -0.3 is 4.90 Å². The zero-order valence-electron chi connectivity index (χ0n) is 17.0. The van der Waals surface area contributed by atoms with Gasteiger partial charge in [-0.3, -0.25) is 23.5 Å². The summed E-state index contributed by atoms with van der Waals surface area (Å²) in [5.41, 5.74) is -0.848. The number of nitrogens with zero attached hydrogens (tertiary/aromatic N) is 5. The van der Waals surface area contributed by atoms with E-state index in [1.807, 2.05) is 6.92 Å². The minimum atomic E-state index is -1.03. The Bertz CT molecular complexity index is 1040. The molecule has 0 radical (unpaired) electrons. The van der Waals surface area contributed by atoms with E-state index < -0.39 is 16.5 Å². The van der Waals surface area contributed by atoms with Crippen LogP contribution in [0.4, 0.5) is 0 Å². The van der Waals surface area contributed by atoms with E-state index >= 15 is 0 Å². The number of rotatable bonds is 7. The first-order valence-corrected chi connectivity index (χ1v) is 9.83. The van der Waals surface area contributed by atoms with Crippen LogP contribution in [0.1, 0.15) is 32.5 Å². The average molecular weight is 407 g/mol. The molecule has 1 atom stereocenters. The van der Waals surface area contributed by atoms with Crippen LogP contribution in [0.25, 0.3) is 11.0 Å². The largest absolute Gasteiger partial charge is 0.347 e. The molecule has 10 heteroatoms. The number of aryl methyl sites for hydroxylation is 2. The molecule has 1 unspecified atom stereocenters. The number of unbranched alkanes of at least 4 members (excludes halogenated alkanes) is 1. The molecule has 0 saturated carbocycles. The van der Waals surface area contributed by atoms with E-state index in [2.05, 4.69) is 9.97 Å². The zero-order chi connectivity index (χ0) is 21.2. The van der Waals surface area contributed by atoms with Crippen LogP contribution in [-0.2, 0) is 30.1 Å². The Morgan fingerprint density at radius 3 is 2.32 bits per heavy atom. The van der Waals surface area contributed by atoms with Crippen molar-refractivity contribution in [1.82, 2.24) is 24.0 Å².